The number of ether oxygens (including phenoxy) is 1. The van der Waals surface area contributed by atoms with E-state index in [0.29, 0.717) is 18.9 Å². The molecule has 0 aliphatic heterocycles. The topological polar surface area (TPSA) is 101 Å². The van der Waals surface area contributed by atoms with Gasteiger partial charge in [-0.1, -0.05) is 12.1 Å². The lowest BCUT2D eigenvalue weighted by Gasteiger charge is -2.07. The molecule has 114 valence electrons. The molecule has 3 N–H and O–H groups in total. The lowest BCUT2D eigenvalue weighted by molar-refractivity contribution is 0.411. The van der Waals surface area contributed by atoms with Gasteiger partial charge in [-0.3, -0.25) is 4.98 Å². The van der Waals surface area contributed by atoms with Crippen LogP contribution in [0.4, 0.5) is 0 Å². The van der Waals surface area contributed by atoms with Crippen LogP contribution < -0.4 is 15.7 Å². The number of aromatic amines is 2. The summed E-state index contributed by atoms with van der Waals surface area (Å²) in [5.74, 6) is 1.33. The number of benzene rings is 1. The molecule has 0 radical (unpaired) electrons. The highest BCUT2D eigenvalue weighted by Crippen LogP contribution is 2.21. The van der Waals surface area contributed by atoms with Crippen LogP contribution in [0.1, 0.15) is 11.4 Å². The van der Waals surface area contributed by atoms with Gasteiger partial charge in [0.2, 0.25) is 0 Å². The largest absolute Gasteiger partial charge is 0.494 e. The summed E-state index contributed by atoms with van der Waals surface area (Å²) in [6.07, 6.45) is 3.71. The highest BCUT2D eigenvalue weighted by molar-refractivity contribution is 5.46. The van der Waals surface area contributed by atoms with E-state index in [0.717, 1.165) is 17.0 Å². The van der Waals surface area contributed by atoms with Crippen LogP contribution >= 0.6 is 0 Å². The summed E-state index contributed by atoms with van der Waals surface area (Å²) in [5.41, 5.74) is 1.59. The van der Waals surface area contributed by atoms with Crippen LogP contribution in [0.2, 0.25) is 0 Å². The third-order valence-corrected chi connectivity index (χ3v) is 3.14. The van der Waals surface area contributed by atoms with Gasteiger partial charge >= 0.3 is 5.69 Å². The first-order valence-electron chi connectivity index (χ1n) is 6.77. The Balaban J connectivity index is 1.65. The minimum atomic E-state index is -0.305. The van der Waals surface area contributed by atoms with Crippen molar-refractivity contribution in [3.05, 3.63) is 58.5 Å². The predicted octanol–water partition coefficient (Wildman–Crippen LogP) is 0.582. The van der Waals surface area contributed by atoms with Crippen LogP contribution in [0.3, 0.4) is 0 Å². The number of hydrogen-bond acceptors (Lipinski definition) is 5. The summed E-state index contributed by atoms with van der Waals surface area (Å²) in [4.78, 5) is 13.5. The molecule has 0 atom stereocenters. The number of rotatable bonds is 6. The van der Waals surface area contributed by atoms with Gasteiger partial charge in [-0.25, -0.2) is 14.6 Å². The molecule has 1 aromatic carbocycles. The summed E-state index contributed by atoms with van der Waals surface area (Å²) in [5, 5.41) is 13.7. The summed E-state index contributed by atoms with van der Waals surface area (Å²) in [6, 6.07) is 7.69. The molecule has 0 fully saturated rings. The Kier molecular flexibility index (Phi) is 4.01. The van der Waals surface area contributed by atoms with Gasteiger partial charge < -0.3 is 10.1 Å². The van der Waals surface area contributed by atoms with Crippen molar-refractivity contribution >= 4 is 0 Å². The smallest absolute Gasteiger partial charge is 0.340 e. The third-order valence-electron chi connectivity index (χ3n) is 3.14. The van der Waals surface area contributed by atoms with Crippen molar-refractivity contribution in [3.63, 3.8) is 0 Å². The molecular weight excluding hydrogens is 284 g/mol. The first-order valence-corrected chi connectivity index (χ1v) is 6.77. The molecule has 2 aromatic heterocycles. The van der Waals surface area contributed by atoms with Crippen LogP contribution in [0, 0.1) is 0 Å². The number of H-pyrrole nitrogens is 2. The number of nitrogens with zero attached hydrogens (tertiary/aromatic N) is 3. The van der Waals surface area contributed by atoms with Crippen molar-refractivity contribution in [2.45, 2.75) is 13.1 Å². The first kappa shape index (κ1) is 14.1. The molecule has 0 aliphatic carbocycles. The minimum Gasteiger partial charge on any atom is -0.494 e. The number of hydrogen-bond donors (Lipinski definition) is 3. The van der Waals surface area contributed by atoms with Gasteiger partial charge in [0.1, 0.15) is 17.3 Å². The highest BCUT2D eigenvalue weighted by atomic mass is 16.5. The number of nitrogens with one attached hydrogen (secondary N) is 3. The van der Waals surface area contributed by atoms with Gasteiger partial charge in [0.25, 0.3) is 0 Å². The van der Waals surface area contributed by atoms with E-state index in [4.69, 9.17) is 4.74 Å². The summed E-state index contributed by atoms with van der Waals surface area (Å²) >= 11 is 0. The molecule has 3 rings (SSSR count). The number of aromatic nitrogens is 5. The molecule has 2 heterocycles. The first-order chi connectivity index (χ1) is 10.8. The Hall–Kier alpha value is -2.87. The van der Waals surface area contributed by atoms with E-state index < -0.39 is 0 Å². The molecule has 0 amide bonds. The zero-order valence-corrected chi connectivity index (χ0v) is 12.0. The van der Waals surface area contributed by atoms with Gasteiger partial charge in [0, 0.05) is 18.3 Å². The van der Waals surface area contributed by atoms with E-state index in [1.165, 1.54) is 0 Å². The fraction of sp³-hybridized carbons (Fsp3) is 0.214. The van der Waals surface area contributed by atoms with Crippen molar-refractivity contribution in [1.82, 2.24) is 30.3 Å². The van der Waals surface area contributed by atoms with Gasteiger partial charge in [-0.05, 0) is 12.1 Å². The lowest BCUT2D eigenvalue weighted by atomic mass is 10.3. The molecule has 0 spiro atoms. The minimum absolute atomic E-state index is 0.305. The van der Waals surface area contributed by atoms with Gasteiger partial charge in [-0.15, -0.1) is 0 Å². The zero-order chi connectivity index (χ0) is 15.4. The fourth-order valence-electron chi connectivity index (χ4n) is 2.12. The predicted molar refractivity (Wildman–Crippen MR) is 79.9 cm³/mol. The SMILES string of the molecule is COc1ccccc1-n1cc(CNCc2n[nH]c(=O)[nH]2)cn1. The normalized spacial score (nSPS) is 10.8. The van der Waals surface area contributed by atoms with E-state index in [-0.39, 0.29) is 5.69 Å². The van der Waals surface area contributed by atoms with E-state index in [1.54, 1.807) is 18.0 Å². The van der Waals surface area contributed by atoms with E-state index in [1.807, 2.05) is 30.5 Å². The van der Waals surface area contributed by atoms with Crippen molar-refractivity contribution < 1.29 is 4.74 Å². The van der Waals surface area contributed by atoms with Gasteiger partial charge in [0.05, 0.1) is 19.9 Å². The Bertz CT molecular complexity index is 803. The third kappa shape index (κ3) is 3.07. The molecule has 0 unspecified atom stereocenters. The zero-order valence-electron chi connectivity index (χ0n) is 12.0. The van der Waals surface area contributed by atoms with E-state index in [2.05, 4.69) is 25.6 Å². The summed E-state index contributed by atoms with van der Waals surface area (Å²) in [6.45, 7) is 1.09. The van der Waals surface area contributed by atoms with Crippen molar-refractivity contribution in [3.8, 4) is 11.4 Å². The molecule has 0 aliphatic rings. The summed E-state index contributed by atoms with van der Waals surface area (Å²) in [7, 11) is 1.63. The second kappa shape index (κ2) is 6.27. The molecule has 8 nitrogen and oxygen atoms in total. The second-order valence-electron chi connectivity index (χ2n) is 4.69. The average Bonchev–Trinajstić information content (AvgIpc) is 3.17. The Morgan fingerprint density at radius 3 is 2.95 bits per heavy atom. The summed E-state index contributed by atoms with van der Waals surface area (Å²) < 4.78 is 7.10. The quantitative estimate of drug-likeness (QED) is 0.618. The van der Waals surface area contributed by atoms with E-state index in [9.17, 15) is 4.79 Å². The number of para-hydroxylation sites is 2. The second-order valence-corrected chi connectivity index (χ2v) is 4.69. The molecular formula is C14H16N6O2. The Labute approximate surface area is 126 Å². The maximum absolute atomic E-state index is 10.9. The molecule has 8 heteroatoms. The van der Waals surface area contributed by atoms with Crippen molar-refractivity contribution in [1.29, 1.82) is 0 Å². The van der Waals surface area contributed by atoms with Gasteiger partial charge in [-0.2, -0.15) is 10.2 Å². The molecule has 0 saturated carbocycles. The van der Waals surface area contributed by atoms with Crippen LogP contribution in [0.25, 0.3) is 5.69 Å². The molecule has 0 bridgehead atoms. The standard InChI is InChI=1S/C14H16N6O2/c1-22-12-5-3-2-4-11(12)20-9-10(7-16-20)6-15-8-13-17-14(21)19-18-13/h2-5,7,9,15H,6,8H2,1H3,(H2,17,18,19,21). The van der Waals surface area contributed by atoms with Crippen LogP contribution in [-0.4, -0.2) is 32.1 Å². The van der Waals surface area contributed by atoms with Crippen molar-refractivity contribution in [2.24, 2.45) is 0 Å². The van der Waals surface area contributed by atoms with Crippen molar-refractivity contribution in [2.75, 3.05) is 7.11 Å². The number of methoxy groups -OCH3 is 1. The molecule has 3 aromatic rings. The van der Waals surface area contributed by atoms with Crippen LogP contribution in [-0.2, 0) is 13.1 Å². The maximum atomic E-state index is 10.9. The highest BCUT2D eigenvalue weighted by Gasteiger charge is 2.06. The molecule has 22 heavy (non-hydrogen) atoms. The lowest BCUT2D eigenvalue weighted by Crippen LogP contribution is -2.14. The Morgan fingerprint density at radius 1 is 1.32 bits per heavy atom. The van der Waals surface area contributed by atoms with Crippen LogP contribution in [0.5, 0.6) is 5.75 Å². The Morgan fingerprint density at radius 2 is 2.18 bits per heavy atom. The monoisotopic (exact) mass is 300 g/mol. The fourth-order valence-corrected chi connectivity index (χ4v) is 2.12. The molecule has 0 saturated heterocycles. The maximum Gasteiger partial charge on any atom is 0.340 e. The van der Waals surface area contributed by atoms with E-state index >= 15 is 0 Å². The average molecular weight is 300 g/mol. The van der Waals surface area contributed by atoms with Gasteiger partial charge in [0.15, 0.2) is 0 Å². The van der Waals surface area contributed by atoms with Crippen LogP contribution in [0.15, 0.2) is 41.5 Å².